The molecule has 3 aromatic rings. The maximum atomic E-state index is 13.5. The van der Waals surface area contributed by atoms with Gasteiger partial charge in [-0.25, -0.2) is 9.18 Å². The molecule has 4 rings (SSSR count). The number of carboxylic acids is 1. The Morgan fingerprint density at radius 2 is 1.97 bits per heavy atom. The molecule has 1 aromatic heterocycles. The molecular weight excluding hydrogens is 465 g/mol. The predicted molar refractivity (Wildman–Crippen MR) is 136 cm³/mol. The molecule has 192 valence electrons. The fraction of sp³-hybridized carbons (Fsp3) is 0.429. The quantitative estimate of drug-likeness (QED) is 0.487. The number of nitrogens with zero attached hydrogens (tertiary/aromatic N) is 1. The zero-order valence-corrected chi connectivity index (χ0v) is 21.3. The van der Waals surface area contributed by atoms with Crippen molar-refractivity contribution in [3.8, 4) is 22.6 Å². The molecular formula is C28H32FNO6. The van der Waals surface area contributed by atoms with Crippen LogP contribution in [0.3, 0.4) is 0 Å². The van der Waals surface area contributed by atoms with E-state index in [-0.39, 0.29) is 12.3 Å². The van der Waals surface area contributed by atoms with Crippen molar-refractivity contribution in [1.82, 2.24) is 4.57 Å². The number of rotatable bonds is 7. The van der Waals surface area contributed by atoms with Crippen LogP contribution in [0.15, 0.2) is 35.1 Å². The number of ether oxygens (including phenoxy) is 3. The Hall–Kier alpha value is -3.39. The number of fused-ring (bicyclic) bond motifs is 2. The van der Waals surface area contributed by atoms with Crippen LogP contribution in [0.25, 0.3) is 21.9 Å². The molecule has 2 aromatic carbocycles. The van der Waals surface area contributed by atoms with Crippen LogP contribution in [0.4, 0.5) is 4.39 Å². The molecule has 7 nitrogen and oxygen atoms in total. The zero-order chi connectivity index (χ0) is 26.2. The first kappa shape index (κ1) is 25.7. The van der Waals surface area contributed by atoms with E-state index in [9.17, 15) is 19.1 Å². The van der Waals surface area contributed by atoms with Crippen molar-refractivity contribution in [1.29, 1.82) is 0 Å². The lowest BCUT2D eigenvalue weighted by Crippen LogP contribution is -2.33. The smallest absolute Gasteiger partial charge is 0.339 e. The number of carbonyl (C=O) groups is 1. The van der Waals surface area contributed by atoms with Crippen LogP contribution >= 0.6 is 0 Å². The molecule has 36 heavy (non-hydrogen) atoms. The maximum Gasteiger partial charge on any atom is 0.339 e. The van der Waals surface area contributed by atoms with Crippen molar-refractivity contribution in [2.45, 2.75) is 52.2 Å². The van der Waals surface area contributed by atoms with Crippen LogP contribution in [0.2, 0.25) is 0 Å². The first-order valence-electron chi connectivity index (χ1n) is 12.0. The summed E-state index contributed by atoms with van der Waals surface area (Å²) in [4.78, 5) is 26.1. The summed E-state index contributed by atoms with van der Waals surface area (Å²) in [6.07, 6.45) is 0.338. The Bertz CT molecular complexity index is 1370. The maximum absolute atomic E-state index is 13.5. The number of pyridine rings is 1. The highest BCUT2D eigenvalue weighted by Gasteiger charge is 2.34. The highest BCUT2D eigenvalue weighted by Crippen LogP contribution is 2.42. The summed E-state index contributed by atoms with van der Waals surface area (Å²) in [5.74, 6) is -0.00424. The SMILES string of the molecule is Cc1c(-c2c(C(OC(C)(C)C)C(=O)O)n(C)c(=O)c3cc(OCCF)ccc23)ccc2c1CCCO2. The first-order chi connectivity index (χ1) is 17.0. The van der Waals surface area contributed by atoms with E-state index in [1.165, 1.54) is 4.57 Å². The van der Waals surface area contributed by atoms with Gasteiger partial charge in [0.1, 0.15) is 24.8 Å². The van der Waals surface area contributed by atoms with E-state index in [1.54, 1.807) is 46.0 Å². The molecule has 2 heterocycles. The van der Waals surface area contributed by atoms with Gasteiger partial charge in [-0.15, -0.1) is 0 Å². The van der Waals surface area contributed by atoms with Crippen LogP contribution in [0.5, 0.6) is 11.5 Å². The topological polar surface area (TPSA) is 87.0 Å². The number of halogens is 1. The lowest BCUT2D eigenvalue weighted by Gasteiger charge is -2.29. The number of hydrogen-bond donors (Lipinski definition) is 1. The minimum absolute atomic E-state index is 0.124. The molecule has 0 spiro atoms. The van der Waals surface area contributed by atoms with Gasteiger partial charge in [0.05, 0.1) is 23.3 Å². The largest absolute Gasteiger partial charge is 0.493 e. The monoisotopic (exact) mass is 497 g/mol. The van der Waals surface area contributed by atoms with Gasteiger partial charge in [0.15, 0.2) is 6.10 Å². The number of alkyl halides is 1. The van der Waals surface area contributed by atoms with E-state index in [0.29, 0.717) is 28.7 Å². The van der Waals surface area contributed by atoms with E-state index in [4.69, 9.17) is 14.2 Å². The third-order valence-corrected chi connectivity index (χ3v) is 6.36. The van der Waals surface area contributed by atoms with E-state index < -0.39 is 29.9 Å². The summed E-state index contributed by atoms with van der Waals surface area (Å²) in [6.45, 7) is 7.19. The normalized spacial score (nSPS) is 14.3. The molecule has 0 fully saturated rings. The van der Waals surface area contributed by atoms with Gasteiger partial charge in [-0.05, 0) is 86.9 Å². The fourth-order valence-corrected chi connectivity index (χ4v) is 4.81. The van der Waals surface area contributed by atoms with Gasteiger partial charge in [-0.1, -0.05) is 6.07 Å². The highest BCUT2D eigenvalue weighted by molar-refractivity contribution is 6.00. The van der Waals surface area contributed by atoms with E-state index in [0.717, 1.165) is 35.3 Å². The minimum atomic E-state index is -1.39. The average Bonchev–Trinajstić information content (AvgIpc) is 2.83. The van der Waals surface area contributed by atoms with E-state index >= 15 is 0 Å². The van der Waals surface area contributed by atoms with Crippen molar-refractivity contribution in [3.63, 3.8) is 0 Å². The standard InChI is InChI=1S/C28H32FNO6/c1-16-18-7-6-13-35-22(18)11-10-19(16)23-20-9-8-17(34-14-12-29)15-21(20)26(31)30(5)24(23)25(27(32)33)36-28(2,3)4/h8-11,15,25H,6-7,12-14H2,1-5H3,(H,32,33). The van der Waals surface area contributed by atoms with Crippen LogP contribution in [0, 0.1) is 6.92 Å². The number of aromatic nitrogens is 1. The van der Waals surface area contributed by atoms with Crippen molar-refractivity contribution in [2.24, 2.45) is 7.05 Å². The Morgan fingerprint density at radius 1 is 1.22 bits per heavy atom. The molecule has 0 radical (unpaired) electrons. The lowest BCUT2D eigenvalue weighted by molar-refractivity contribution is -0.161. The molecule has 0 aliphatic carbocycles. The van der Waals surface area contributed by atoms with Gasteiger partial charge in [0.25, 0.3) is 5.56 Å². The molecule has 0 saturated heterocycles. The van der Waals surface area contributed by atoms with Gasteiger partial charge in [0, 0.05) is 12.6 Å². The molecule has 0 saturated carbocycles. The second kappa shape index (κ2) is 9.93. The van der Waals surface area contributed by atoms with Crippen LogP contribution in [-0.2, 0) is 23.0 Å². The molecule has 1 aliphatic rings. The Labute approximate surface area is 209 Å². The Morgan fingerprint density at radius 3 is 2.64 bits per heavy atom. The van der Waals surface area contributed by atoms with Gasteiger partial charge in [0.2, 0.25) is 0 Å². The van der Waals surface area contributed by atoms with Gasteiger partial charge in [-0.2, -0.15) is 0 Å². The summed E-state index contributed by atoms with van der Waals surface area (Å²) in [5, 5.41) is 11.2. The second-order valence-corrected chi connectivity index (χ2v) is 9.98. The van der Waals surface area contributed by atoms with E-state index in [2.05, 4.69) is 0 Å². The van der Waals surface area contributed by atoms with Crippen LogP contribution in [-0.4, -0.2) is 41.1 Å². The summed E-state index contributed by atoms with van der Waals surface area (Å²) < 4.78 is 31.3. The van der Waals surface area contributed by atoms with Crippen LogP contribution in [0.1, 0.15) is 50.1 Å². The van der Waals surface area contributed by atoms with Crippen molar-refractivity contribution in [3.05, 3.63) is 57.5 Å². The van der Waals surface area contributed by atoms with Crippen molar-refractivity contribution < 1.29 is 28.5 Å². The lowest BCUT2D eigenvalue weighted by atomic mass is 9.88. The number of benzene rings is 2. The summed E-state index contributed by atoms with van der Waals surface area (Å²) in [6, 6.07) is 8.79. The van der Waals surface area contributed by atoms with Crippen molar-refractivity contribution >= 4 is 16.7 Å². The Kier molecular flexibility index (Phi) is 7.09. The zero-order valence-electron chi connectivity index (χ0n) is 21.3. The third kappa shape index (κ3) is 4.82. The van der Waals surface area contributed by atoms with Gasteiger partial charge >= 0.3 is 5.97 Å². The number of hydrogen-bond acceptors (Lipinski definition) is 5. The molecule has 1 unspecified atom stereocenters. The van der Waals surface area contributed by atoms with Crippen molar-refractivity contribution in [2.75, 3.05) is 19.9 Å². The summed E-state index contributed by atoms with van der Waals surface area (Å²) in [5.41, 5.74) is 2.52. The number of carboxylic acid groups (broad SMARTS) is 1. The highest BCUT2D eigenvalue weighted by atomic mass is 19.1. The molecule has 0 bridgehead atoms. The second-order valence-electron chi connectivity index (χ2n) is 9.98. The van der Waals surface area contributed by atoms with Crippen LogP contribution < -0.4 is 15.0 Å². The third-order valence-electron chi connectivity index (χ3n) is 6.36. The predicted octanol–water partition coefficient (Wildman–Crippen LogP) is 5.13. The first-order valence-corrected chi connectivity index (χ1v) is 12.0. The summed E-state index contributed by atoms with van der Waals surface area (Å²) in [7, 11) is 1.55. The molecule has 1 aliphatic heterocycles. The average molecular weight is 498 g/mol. The fourth-order valence-electron chi connectivity index (χ4n) is 4.81. The molecule has 0 amide bonds. The number of aliphatic carboxylic acids is 1. The minimum Gasteiger partial charge on any atom is -0.493 e. The van der Waals surface area contributed by atoms with E-state index in [1.807, 2.05) is 19.1 Å². The Balaban J connectivity index is 2.09. The van der Waals surface area contributed by atoms with Gasteiger partial charge < -0.3 is 23.9 Å². The molecule has 1 N–H and O–H groups in total. The summed E-state index contributed by atoms with van der Waals surface area (Å²) >= 11 is 0. The van der Waals surface area contributed by atoms with Gasteiger partial charge in [-0.3, -0.25) is 4.79 Å². The molecule has 8 heteroatoms. The molecule has 1 atom stereocenters.